The van der Waals surface area contributed by atoms with Crippen LogP contribution in [0.2, 0.25) is 0 Å². The molecule has 0 aliphatic heterocycles. The molecule has 0 N–H and O–H groups in total. The van der Waals surface area contributed by atoms with Gasteiger partial charge in [0.15, 0.2) is 0 Å². The molecule has 0 bridgehead atoms. The van der Waals surface area contributed by atoms with Gasteiger partial charge >= 0.3 is 0 Å². The lowest BCUT2D eigenvalue weighted by Gasteiger charge is -2.17. The van der Waals surface area contributed by atoms with E-state index >= 15 is 0 Å². The average Bonchev–Trinajstić information content (AvgIpc) is 2.61. The fraction of sp³-hybridized carbons (Fsp3) is 0.130. The molecule has 0 unspecified atom stereocenters. The number of aryl methyl sites for hydroxylation is 2. The van der Waals surface area contributed by atoms with Crippen LogP contribution in [0.15, 0.2) is 66.2 Å². The van der Waals surface area contributed by atoms with Crippen molar-refractivity contribution in [3.8, 4) is 11.1 Å². The summed E-state index contributed by atoms with van der Waals surface area (Å²) >= 11 is 0. The Kier molecular flexibility index (Phi) is 5.08. The van der Waals surface area contributed by atoms with Crippen molar-refractivity contribution in [2.24, 2.45) is 4.99 Å². The fourth-order valence-electron chi connectivity index (χ4n) is 3.22. The van der Waals surface area contributed by atoms with E-state index in [-0.39, 0.29) is 5.82 Å². The predicted octanol–water partition coefficient (Wildman–Crippen LogP) is 6.28. The van der Waals surface area contributed by atoms with Crippen LogP contribution in [0.3, 0.4) is 0 Å². The van der Waals surface area contributed by atoms with Gasteiger partial charge in [-0.1, -0.05) is 42.5 Å². The number of rotatable bonds is 4. The van der Waals surface area contributed by atoms with Crippen molar-refractivity contribution in [2.45, 2.75) is 20.8 Å². The molecule has 0 aliphatic rings. The number of hydrogen-bond donors (Lipinski definition) is 0. The summed E-state index contributed by atoms with van der Waals surface area (Å²) in [5.41, 5.74) is 6.39. The largest absolute Gasteiger partial charge is 0.261 e. The molecule has 0 saturated heterocycles. The normalized spacial score (nSPS) is 12.1. The number of hydrogen-bond acceptors (Lipinski definition) is 2. The third-order valence-electron chi connectivity index (χ3n) is 4.23. The molecule has 3 heteroatoms. The molecule has 3 rings (SSSR count). The minimum absolute atomic E-state index is 0.293. The van der Waals surface area contributed by atoms with E-state index in [1.165, 1.54) is 12.1 Å². The Balaban J connectivity index is 2.50. The maximum atomic E-state index is 14.0. The van der Waals surface area contributed by atoms with Gasteiger partial charge in [0.2, 0.25) is 0 Å². The topological polar surface area (TPSA) is 25.2 Å². The van der Waals surface area contributed by atoms with Gasteiger partial charge in [-0.2, -0.15) is 0 Å². The van der Waals surface area contributed by atoms with Crippen LogP contribution in [0.4, 0.5) is 4.39 Å². The Morgan fingerprint density at radius 1 is 1.15 bits per heavy atom. The summed E-state index contributed by atoms with van der Waals surface area (Å²) in [6, 6.07) is 12.9. The summed E-state index contributed by atoms with van der Waals surface area (Å²) in [4.78, 5) is 9.24. The van der Waals surface area contributed by atoms with Crippen LogP contribution in [0.5, 0.6) is 0 Å². The van der Waals surface area contributed by atoms with Gasteiger partial charge in [0.1, 0.15) is 5.82 Å². The highest BCUT2D eigenvalue weighted by Gasteiger charge is 2.18. The summed E-state index contributed by atoms with van der Waals surface area (Å²) in [6.07, 6.45) is 5.28. The minimum Gasteiger partial charge on any atom is -0.261 e. The van der Waals surface area contributed by atoms with Gasteiger partial charge in [-0.25, -0.2) is 4.39 Å². The van der Waals surface area contributed by atoms with Crippen molar-refractivity contribution in [2.75, 3.05) is 0 Å². The number of nitrogens with zero attached hydrogens (tertiary/aromatic N) is 2. The van der Waals surface area contributed by atoms with Crippen molar-refractivity contribution in [3.05, 3.63) is 83.8 Å². The van der Waals surface area contributed by atoms with E-state index in [4.69, 9.17) is 4.98 Å². The van der Waals surface area contributed by atoms with Crippen molar-refractivity contribution in [1.29, 1.82) is 0 Å². The summed E-state index contributed by atoms with van der Waals surface area (Å²) in [5, 5.41) is 0.741. The minimum atomic E-state index is -0.293. The standard InChI is InChI=1S/C23H21FN2/c1-5-8-21(25-6-2)23-19-14-18(24)11-12-20(19)26-16(4)22(23)17-10-7-9-15(3)13-17/h5-14H,1H2,2-4H3/b21-8-,25-6?. The molecule has 1 heterocycles. The SMILES string of the molecule is C=C/C=C(\N=CC)c1c(-c2cccc(C)c2)c(C)nc2ccc(F)cc12. The van der Waals surface area contributed by atoms with Crippen LogP contribution in [0.25, 0.3) is 27.7 Å². The summed E-state index contributed by atoms with van der Waals surface area (Å²) in [6.45, 7) is 9.70. The zero-order valence-corrected chi connectivity index (χ0v) is 15.3. The number of fused-ring (bicyclic) bond motifs is 1. The highest BCUT2D eigenvalue weighted by molar-refractivity contribution is 6.00. The van der Waals surface area contributed by atoms with E-state index in [1.54, 1.807) is 18.4 Å². The van der Waals surface area contributed by atoms with Crippen LogP contribution in [0, 0.1) is 19.7 Å². The second kappa shape index (κ2) is 7.44. The Morgan fingerprint density at radius 3 is 2.65 bits per heavy atom. The van der Waals surface area contributed by atoms with Crippen molar-refractivity contribution < 1.29 is 4.39 Å². The average molecular weight is 344 g/mol. The Bertz CT molecular complexity index is 1050. The molecule has 2 aromatic carbocycles. The van der Waals surface area contributed by atoms with Gasteiger partial charge in [0.05, 0.1) is 11.2 Å². The lowest BCUT2D eigenvalue weighted by Crippen LogP contribution is -1.99. The van der Waals surface area contributed by atoms with Crippen LogP contribution in [-0.2, 0) is 0 Å². The molecular formula is C23H21FN2. The maximum Gasteiger partial charge on any atom is 0.123 e. The first-order chi connectivity index (χ1) is 12.5. The van der Waals surface area contributed by atoms with Gasteiger partial charge in [0.25, 0.3) is 0 Å². The first-order valence-corrected chi connectivity index (χ1v) is 8.54. The molecule has 3 aromatic rings. The summed E-state index contributed by atoms with van der Waals surface area (Å²) in [5.74, 6) is -0.293. The number of allylic oxidation sites excluding steroid dienone is 2. The third kappa shape index (κ3) is 3.33. The van der Waals surface area contributed by atoms with Gasteiger partial charge in [-0.3, -0.25) is 9.98 Å². The number of aromatic nitrogens is 1. The first-order valence-electron chi connectivity index (χ1n) is 8.54. The number of benzene rings is 2. The molecular weight excluding hydrogens is 323 g/mol. The smallest absolute Gasteiger partial charge is 0.123 e. The van der Waals surface area contributed by atoms with E-state index in [2.05, 4.69) is 30.6 Å². The molecule has 0 saturated carbocycles. The van der Waals surface area contributed by atoms with Crippen LogP contribution in [0.1, 0.15) is 23.7 Å². The molecule has 130 valence electrons. The number of halogens is 1. The van der Waals surface area contributed by atoms with Crippen molar-refractivity contribution in [3.63, 3.8) is 0 Å². The molecule has 0 atom stereocenters. The van der Waals surface area contributed by atoms with Crippen LogP contribution >= 0.6 is 0 Å². The van der Waals surface area contributed by atoms with E-state index in [1.807, 2.05) is 32.1 Å². The Hall–Kier alpha value is -3.07. The molecule has 2 nitrogen and oxygen atoms in total. The lowest BCUT2D eigenvalue weighted by molar-refractivity contribution is 0.629. The molecule has 0 amide bonds. The Labute approximate surface area is 153 Å². The zero-order valence-electron chi connectivity index (χ0n) is 15.3. The van der Waals surface area contributed by atoms with E-state index in [9.17, 15) is 4.39 Å². The monoisotopic (exact) mass is 344 g/mol. The second-order valence-electron chi connectivity index (χ2n) is 6.15. The van der Waals surface area contributed by atoms with E-state index in [0.717, 1.165) is 44.5 Å². The van der Waals surface area contributed by atoms with E-state index < -0.39 is 0 Å². The fourth-order valence-corrected chi connectivity index (χ4v) is 3.22. The van der Waals surface area contributed by atoms with Crippen molar-refractivity contribution >= 4 is 22.8 Å². The van der Waals surface area contributed by atoms with Crippen LogP contribution < -0.4 is 0 Å². The van der Waals surface area contributed by atoms with Gasteiger partial charge in [-0.05, 0) is 50.6 Å². The Morgan fingerprint density at radius 2 is 1.96 bits per heavy atom. The molecule has 1 aromatic heterocycles. The summed E-state index contributed by atoms with van der Waals surface area (Å²) < 4.78 is 14.0. The van der Waals surface area contributed by atoms with Gasteiger partial charge < -0.3 is 0 Å². The molecule has 0 fully saturated rings. The second-order valence-corrected chi connectivity index (χ2v) is 6.15. The maximum absolute atomic E-state index is 14.0. The van der Waals surface area contributed by atoms with E-state index in [0.29, 0.717) is 0 Å². The van der Waals surface area contributed by atoms with Crippen LogP contribution in [-0.4, -0.2) is 11.2 Å². The quantitative estimate of drug-likeness (QED) is 0.404. The third-order valence-corrected chi connectivity index (χ3v) is 4.23. The lowest BCUT2D eigenvalue weighted by atomic mass is 9.92. The first kappa shape index (κ1) is 17.7. The predicted molar refractivity (Wildman–Crippen MR) is 109 cm³/mol. The molecule has 0 radical (unpaired) electrons. The van der Waals surface area contributed by atoms with Gasteiger partial charge in [0, 0.05) is 28.4 Å². The molecule has 0 aliphatic carbocycles. The summed E-state index contributed by atoms with van der Waals surface area (Å²) in [7, 11) is 0. The number of pyridine rings is 1. The molecule has 0 spiro atoms. The highest BCUT2D eigenvalue weighted by Crippen LogP contribution is 2.37. The van der Waals surface area contributed by atoms with Crippen molar-refractivity contribution in [1.82, 2.24) is 4.98 Å². The highest BCUT2D eigenvalue weighted by atomic mass is 19.1. The van der Waals surface area contributed by atoms with Gasteiger partial charge in [-0.15, -0.1) is 0 Å². The molecule has 26 heavy (non-hydrogen) atoms. The zero-order chi connectivity index (χ0) is 18.7. The number of aliphatic imine (C=N–C) groups is 1.